The van der Waals surface area contributed by atoms with Crippen molar-refractivity contribution >= 4 is 34.4 Å². The number of halogens is 1. The highest BCUT2D eigenvalue weighted by atomic mass is 127. The van der Waals surface area contributed by atoms with Crippen molar-refractivity contribution in [1.29, 1.82) is 0 Å². The summed E-state index contributed by atoms with van der Waals surface area (Å²) >= 11 is 4.15. The number of rotatable bonds is 3. The van der Waals surface area contributed by atoms with Gasteiger partial charge in [0.25, 0.3) is 0 Å². The van der Waals surface area contributed by atoms with Crippen molar-refractivity contribution in [3.8, 4) is 11.5 Å². The zero-order chi connectivity index (χ0) is 12.6. The highest BCUT2D eigenvalue weighted by Gasteiger charge is 2.29. The van der Waals surface area contributed by atoms with Gasteiger partial charge >= 0.3 is 0 Å². The molecule has 0 aliphatic carbocycles. The molecular weight excluding hydrogens is 347 g/mol. The molecule has 2 rings (SSSR count). The minimum absolute atomic E-state index is 0.221. The molecule has 1 aliphatic rings. The average molecular weight is 364 g/mol. The van der Waals surface area contributed by atoms with Crippen LogP contribution >= 0.6 is 34.4 Å². The Balaban J connectivity index is 2.32. The molecule has 0 bridgehead atoms. The van der Waals surface area contributed by atoms with Crippen molar-refractivity contribution < 1.29 is 9.84 Å². The number of benzene rings is 1. The van der Waals surface area contributed by atoms with E-state index in [1.165, 1.54) is 6.42 Å². The number of hydrogen-bond acceptors (Lipinski definition) is 3. The molecule has 0 saturated heterocycles. The zero-order valence-corrected chi connectivity index (χ0v) is 13.3. The number of alkyl halides is 1. The van der Waals surface area contributed by atoms with Gasteiger partial charge in [0, 0.05) is 5.56 Å². The third kappa shape index (κ3) is 2.38. The standard InChI is InChI=1S/C13H17IO2S/c1-7-8(2)12-13(9(3)11(7)15)17-10(16-12)5-4-6-14/h10,15H,4-6H2,1-3H3. The fourth-order valence-electron chi connectivity index (χ4n) is 2.01. The van der Waals surface area contributed by atoms with E-state index in [-0.39, 0.29) is 5.44 Å². The molecule has 1 unspecified atom stereocenters. The SMILES string of the molecule is Cc1c(C)c2c(c(C)c1O)SC(CCCI)O2. The summed E-state index contributed by atoms with van der Waals surface area (Å²) in [6, 6.07) is 0. The van der Waals surface area contributed by atoms with Crippen LogP contribution < -0.4 is 4.74 Å². The maximum Gasteiger partial charge on any atom is 0.149 e. The van der Waals surface area contributed by atoms with E-state index in [1.54, 1.807) is 11.8 Å². The maximum absolute atomic E-state index is 10.0. The smallest absolute Gasteiger partial charge is 0.149 e. The van der Waals surface area contributed by atoms with Crippen LogP contribution in [-0.4, -0.2) is 15.0 Å². The topological polar surface area (TPSA) is 29.5 Å². The summed E-state index contributed by atoms with van der Waals surface area (Å²) in [5, 5.41) is 10.0. The summed E-state index contributed by atoms with van der Waals surface area (Å²) in [6.07, 6.45) is 2.25. The predicted molar refractivity (Wildman–Crippen MR) is 80.7 cm³/mol. The second-order valence-electron chi connectivity index (χ2n) is 4.38. The molecule has 0 amide bonds. The van der Waals surface area contributed by atoms with Crippen LogP contribution in [0.4, 0.5) is 0 Å². The molecule has 0 radical (unpaired) electrons. The molecule has 17 heavy (non-hydrogen) atoms. The molecule has 1 aromatic rings. The van der Waals surface area contributed by atoms with Crippen molar-refractivity contribution in [3.05, 3.63) is 16.7 Å². The molecule has 0 fully saturated rings. The van der Waals surface area contributed by atoms with E-state index in [0.29, 0.717) is 5.75 Å². The first kappa shape index (κ1) is 13.3. The highest BCUT2D eigenvalue weighted by Crippen LogP contribution is 2.50. The molecule has 0 aromatic heterocycles. The van der Waals surface area contributed by atoms with Crippen LogP contribution in [0.25, 0.3) is 0 Å². The number of phenols is 1. The van der Waals surface area contributed by atoms with E-state index in [2.05, 4.69) is 22.6 Å². The van der Waals surface area contributed by atoms with Crippen molar-refractivity contribution in [2.24, 2.45) is 0 Å². The molecular formula is C13H17IO2S. The van der Waals surface area contributed by atoms with E-state index in [1.807, 2.05) is 20.8 Å². The van der Waals surface area contributed by atoms with Crippen LogP contribution in [0.2, 0.25) is 0 Å². The third-order valence-corrected chi connectivity index (χ3v) is 5.32. The summed E-state index contributed by atoms with van der Waals surface area (Å²) in [7, 11) is 0. The lowest BCUT2D eigenvalue weighted by molar-refractivity contribution is 0.280. The van der Waals surface area contributed by atoms with Gasteiger partial charge in [0.05, 0.1) is 4.90 Å². The van der Waals surface area contributed by atoms with Crippen LogP contribution in [0.3, 0.4) is 0 Å². The van der Waals surface area contributed by atoms with E-state index in [9.17, 15) is 5.11 Å². The van der Waals surface area contributed by atoms with Gasteiger partial charge in [0.1, 0.15) is 16.9 Å². The minimum atomic E-state index is 0.221. The lowest BCUT2D eigenvalue weighted by Crippen LogP contribution is -2.07. The summed E-state index contributed by atoms with van der Waals surface area (Å²) in [4.78, 5) is 1.13. The summed E-state index contributed by atoms with van der Waals surface area (Å²) in [5.41, 5.74) is 3.20. The molecule has 0 spiro atoms. The van der Waals surface area contributed by atoms with Crippen molar-refractivity contribution in [1.82, 2.24) is 0 Å². The van der Waals surface area contributed by atoms with E-state index < -0.39 is 0 Å². The van der Waals surface area contributed by atoms with Gasteiger partial charge in [-0.15, -0.1) is 0 Å². The Morgan fingerprint density at radius 1 is 1.24 bits per heavy atom. The Kier molecular flexibility index (Phi) is 4.13. The first-order valence-electron chi connectivity index (χ1n) is 5.78. The van der Waals surface area contributed by atoms with Gasteiger partial charge < -0.3 is 9.84 Å². The molecule has 94 valence electrons. The van der Waals surface area contributed by atoms with Gasteiger partial charge in [-0.25, -0.2) is 0 Å². The highest BCUT2D eigenvalue weighted by molar-refractivity contribution is 14.1. The number of hydrogen-bond donors (Lipinski definition) is 1. The Morgan fingerprint density at radius 3 is 2.59 bits per heavy atom. The lowest BCUT2D eigenvalue weighted by atomic mass is 10.0. The zero-order valence-electron chi connectivity index (χ0n) is 10.3. The number of ether oxygens (including phenoxy) is 1. The van der Waals surface area contributed by atoms with Crippen LogP contribution in [0.15, 0.2) is 4.90 Å². The Hall–Kier alpha value is -0.100. The number of fused-ring (bicyclic) bond motifs is 1. The monoisotopic (exact) mass is 364 g/mol. The van der Waals surface area contributed by atoms with Crippen LogP contribution in [-0.2, 0) is 0 Å². The third-order valence-electron chi connectivity index (χ3n) is 3.23. The first-order chi connectivity index (χ1) is 8.06. The van der Waals surface area contributed by atoms with Crippen LogP contribution in [0, 0.1) is 20.8 Å². The number of thioether (sulfide) groups is 1. The van der Waals surface area contributed by atoms with Gasteiger partial charge in [-0.05, 0) is 49.2 Å². The molecule has 1 aromatic carbocycles. The van der Waals surface area contributed by atoms with Crippen LogP contribution in [0.5, 0.6) is 11.5 Å². The van der Waals surface area contributed by atoms with Gasteiger partial charge in [-0.1, -0.05) is 34.4 Å². The average Bonchev–Trinajstić information content (AvgIpc) is 2.75. The van der Waals surface area contributed by atoms with E-state index in [0.717, 1.165) is 38.2 Å². The lowest BCUT2D eigenvalue weighted by Gasteiger charge is -2.12. The number of aromatic hydroxyl groups is 1. The first-order valence-corrected chi connectivity index (χ1v) is 8.18. The molecule has 4 heteroatoms. The van der Waals surface area contributed by atoms with Crippen LogP contribution in [0.1, 0.15) is 29.5 Å². The Morgan fingerprint density at radius 2 is 1.94 bits per heavy atom. The Bertz CT molecular complexity index is 409. The molecule has 1 atom stereocenters. The van der Waals surface area contributed by atoms with Crippen molar-refractivity contribution in [2.75, 3.05) is 4.43 Å². The second kappa shape index (κ2) is 5.26. The maximum atomic E-state index is 10.0. The molecule has 1 N–H and O–H groups in total. The van der Waals surface area contributed by atoms with E-state index >= 15 is 0 Å². The Labute approximate surface area is 120 Å². The predicted octanol–water partition coefficient (Wildman–Crippen LogP) is 4.34. The molecule has 2 nitrogen and oxygen atoms in total. The summed E-state index contributed by atoms with van der Waals surface area (Å²) in [5.74, 6) is 1.41. The van der Waals surface area contributed by atoms with Gasteiger partial charge in [0.15, 0.2) is 0 Å². The van der Waals surface area contributed by atoms with E-state index in [4.69, 9.17) is 4.74 Å². The normalized spacial score (nSPS) is 18.0. The molecule has 1 aliphatic heterocycles. The van der Waals surface area contributed by atoms with Crippen molar-refractivity contribution in [3.63, 3.8) is 0 Å². The molecule has 0 saturated carbocycles. The van der Waals surface area contributed by atoms with Crippen molar-refractivity contribution in [2.45, 2.75) is 43.9 Å². The van der Waals surface area contributed by atoms with Gasteiger partial charge in [0.2, 0.25) is 0 Å². The summed E-state index contributed by atoms with van der Waals surface area (Å²) < 4.78 is 7.17. The number of phenolic OH excluding ortho intramolecular Hbond substituents is 1. The largest absolute Gasteiger partial charge is 0.507 e. The second-order valence-corrected chi connectivity index (χ2v) is 6.63. The minimum Gasteiger partial charge on any atom is -0.507 e. The van der Waals surface area contributed by atoms with Gasteiger partial charge in [-0.3, -0.25) is 0 Å². The quantitative estimate of drug-likeness (QED) is 0.639. The summed E-state index contributed by atoms with van der Waals surface area (Å²) in [6.45, 7) is 5.94. The fourth-order valence-corrected chi connectivity index (χ4v) is 3.72. The molecule has 1 heterocycles. The fraction of sp³-hybridized carbons (Fsp3) is 0.538. The van der Waals surface area contributed by atoms with Gasteiger partial charge in [-0.2, -0.15) is 0 Å².